The topological polar surface area (TPSA) is 111 Å². The van der Waals surface area contributed by atoms with E-state index in [1.165, 1.54) is 6.92 Å². The summed E-state index contributed by atoms with van der Waals surface area (Å²) >= 11 is 3.33. The molecular formula is C16H22BrN3O4. The Kier molecular flexibility index (Phi) is 6.77. The van der Waals surface area contributed by atoms with E-state index < -0.39 is 35.5 Å². The minimum Gasteiger partial charge on any atom is -0.436 e. The number of benzene rings is 1. The molecule has 0 spiro atoms. The number of anilines is 1. The molecule has 132 valence electrons. The van der Waals surface area contributed by atoms with Crippen molar-refractivity contribution in [2.75, 3.05) is 5.32 Å². The van der Waals surface area contributed by atoms with Crippen LogP contribution in [0, 0.1) is 5.41 Å². The van der Waals surface area contributed by atoms with Gasteiger partial charge in [-0.15, -0.1) is 0 Å². The van der Waals surface area contributed by atoms with Gasteiger partial charge in [-0.05, 0) is 35.0 Å². The van der Waals surface area contributed by atoms with Crippen LogP contribution < -0.4 is 16.4 Å². The minimum absolute atomic E-state index is 0.401. The van der Waals surface area contributed by atoms with E-state index in [0.717, 1.165) is 4.47 Å². The van der Waals surface area contributed by atoms with Crippen LogP contribution in [0.2, 0.25) is 0 Å². The van der Waals surface area contributed by atoms with Crippen LogP contribution in [0.4, 0.5) is 10.5 Å². The first-order valence-corrected chi connectivity index (χ1v) is 8.13. The number of hydrogen-bond donors (Lipinski definition) is 3. The van der Waals surface area contributed by atoms with Crippen molar-refractivity contribution in [1.82, 2.24) is 5.32 Å². The van der Waals surface area contributed by atoms with Crippen LogP contribution in [0.1, 0.15) is 27.7 Å². The van der Waals surface area contributed by atoms with Gasteiger partial charge in [0, 0.05) is 9.89 Å². The van der Waals surface area contributed by atoms with Crippen molar-refractivity contribution < 1.29 is 19.1 Å². The summed E-state index contributed by atoms with van der Waals surface area (Å²) in [6.07, 6.45) is -2.15. The highest BCUT2D eigenvalue weighted by atomic mass is 79.9. The number of nitrogens with one attached hydrogen (secondary N) is 2. The molecule has 0 saturated heterocycles. The summed E-state index contributed by atoms with van der Waals surface area (Å²) in [6.45, 7) is 6.72. The first-order valence-electron chi connectivity index (χ1n) is 7.34. The average Bonchev–Trinajstić information content (AvgIpc) is 2.45. The highest BCUT2D eigenvalue weighted by Crippen LogP contribution is 2.23. The molecule has 1 aromatic carbocycles. The van der Waals surface area contributed by atoms with Crippen molar-refractivity contribution in [1.29, 1.82) is 0 Å². The molecular weight excluding hydrogens is 378 g/mol. The molecule has 0 heterocycles. The van der Waals surface area contributed by atoms with E-state index >= 15 is 0 Å². The van der Waals surface area contributed by atoms with Crippen LogP contribution in [0.5, 0.6) is 0 Å². The Bertz CT molecular complexity index is 628. The van der Waals surface area contributed by atoms with Gasteiger partial charge >= 0.3 is 6.09 Å². The molecule has 0 aliphatic rings. The van der Waals surface area contributed by atoms with Gasteiger partial charge in [-0.25, -0.2) is 4.79 Å². The fourth-order valence-corrected chi connectivity index (χ4v) is 2.28. The van der Waals surface area contributed by atoms with E-state index in [1.54, 1.807) is 39.0 Å². The van der Waals surface area contributed by atoms with Crippen LogP contribution in [0.3, 0.4) is 0 Å². The Hall–Kier alpha value is -2.09. The predicted molar refractivity (Wildman–Crippen MR) is 94.3 cm³/mol. The predicted octanol–water partition coefficient (Wildman–Crippen LogP) is 2.40. The van der Waals surface area contributed by atoms with E-state index in [-0.39, 0.29) is 0 Å². The van der Waals surface area contributed by atoms with Crippen molar-refractivity contribution in [3.63, 3.8) is 0 Å². The van der Waals surface area contributed by atoms with E-state index in [1.807, 2.05) is 6.07 Å². The fraction of sp³-hybridized carbons (Fsp3) is 0.438. The van der Waals surface area contributed by atoms with Crippen LogP contribution in [-0.2, 0) is 14.3 Å². The van der Waals surface area contributed by atoms with E-state index in [0.29, 0.717) is 5.69 Å². The van der Waals surface area contributed by atoms with Gasteiger partial charge in [0.1, 0.15) is 6.04 Å². The summed E-state index contributed by atoms with van der Waals surface area (Å²) in [5.74, 6) is -0.988. The fourth-order valence-electron chi connectivity index (χ4n) is 1.90. The number of carbonyl (C=O) groups excluding carboxylic acids is 3. The summed E-state index contributed by atoms with van der Waals surface area (Å²) < 4.78 is 5.61. The third-order valence-electron chi connectivity index (χ3n) is 3.14. The number of amides is 3. The van der Waals surface area contributed by atoms with Gasteiger partial charge in [-0.2, -0.15) is 0 Å². The van der Waals surface area contributed by atoms with Crippen molar-refractivity contribution in [2.24, 2.45) is 11.1 Å². The first-order chi connectivity index (χ1) is 11.0. The molecule has 0 saturated carbocycles. The second kappa shape index (κ2) is 8.14. The Balaban J connectivity index is 2.75. The smallest absolute Gasteiger partial charge is 0.405 e. The third-order valence-corrected chi connectivity index (χ3v) is 3.83. The summed E-state index contributed by atoms with van der Waals surface area (Å²) in [5, 5.41) is 5.23. The highest BCUT2D eigenvalue weighted by Gasteiger charge is 2.35. The molecule has 3 amide bonds. The molecule has 2 atom stereocenters. The van der Waals surface area contributed by atoms with Gasteiger partial charge in [0.25, 0.3) is 5.91 Å². The number of primary amides is 1. The SMILES string of the molecule is CC(NC(=O)[C@H](OC(N)=O)C(C)(C)C)C(=O)Nc1ccccc1Br. The minimum atomic E-state index is -1.10. The zero-order chi connectivity index (χ0) is 18.5. The zero-order valence-corrected chi connectivity index (χ0v) is 15.6. The molecule has 0 bridgehead atoms. The lowest BCUT2D eigenvalue weighted by Gasteiger charge is -2.29. The molecule has 0 fully saturated rings. The largest absolute Gasteiger partial charge is 0.436 e. The second-order valence-corrected chi connectivity index (χ2v) is 7.24. The van der Waals surface area contributed by atoms with Crippen molar-refractivity contribution in [3.8, 4) is 0 Å². The third kappa shape index (κ3) is 5.84. The van der Waals surface area contributed by atoms with Gasteiger partial charge < -0.3 is 21.1 Å². The first kappa shape index (κ1) is 20.0. The molecule has 1 unspecified atom stereocenters. The molecule has 1 aromatic rings. The maximum Gasteiger partial charge on any atom is 0.405 e. The average molecular weight is 400 g/mol. The molecule has 7 nitrogen and oxygen atoms in total. The van der Waals surface area contributed by atoms with E-state index in [9.17, 15) is 14.4 Å². The Morgan fingerprint density at radius 1 is 1.17 bits per heavy atom. The maximum atomic E-state index is 12.3. The Morgan fingerprint density at radius 3 is 2.25 bits per heavy atom. The maximum absolute atomic E-state index is 12.3. The highest BCUT2D eigenvalue weighted by molar-refractivity contribution is 9.10. The Labute approximate surface area is 149 Å². The summed E-state index contributed by atoms with van der Waals surface area (Å²) in [5.41, 5.74) is 4.93. The molecule has 24 heavy (non-hydrogen) atoms. The molecule has 0 radical (unpaired) electrons. The number of nitrogens with two attached hydrogens (primary N) is 1. The number of halogens is 1. The van der Waals surface area contributed by atoms with Crippen LogP contribution in [0.15, 0.2) is 28.7 Å². The number of hydrogen-bond acceptors (Lipinski definition) is 4. The molecule has 8 heteroatoms. The molecule has 0 aliphatic heterocycles. The summed E-state index contributed by atoms with van der Waals surface area (Å²) in [6, 6.07) is 6.28. The number of carbonyl (C=O) groups is 3. The van der Waals surface area contributed by atoms with E-state index in [2.05, 4.69) is 26.6 Å². The second-order valence-electron chi connectivity index (χ2n) is 6.38. The van der Waals surface area contributed by atoms with Crippen molar-refractivity contribution in [2.45, 2.75) is 39.8 Å². The number of para-hydroxylation sites is 1. The van der Waals surface area contributed by atoms with Gasteiger partial charge in [0.15, 0.2) is 6.10 Å². The van der Waals surface area contributed by atoms with Crippen molar-refractivity contribution >= 4 is 39.5 Å². The van der Waals surface area contributed by atoms with Crippen LogP contribution >= 0.6 is 15.9 Å². The molecule has 1 rings (SSSR count). The molecule has 0 aliphatic carbocycles. The Morgan fingerprint density at radius 2 is 1.75 bits per heavy atom. The van der Waals surface area contributed by atoms with Gasteiger partial charge in [-0.3, -0.25) is 9.59 Å². The number of ether oxygens (including phenoxy) is 1. The van der Waals surface area contributed by atoms with Gasteiger partial charge in [-0.1, -0.05) is 32.9 Å². The molecule has 4 N–H and O–H groups in total. The summed E-state index contributed by atoms with van der Waals surface area (Å²) in [4.78, 5) is 35.5. The summed E-state index contributed by atoms with van der Waals surface area (Å²) in [7, 11) is 0. The quantitative estimate of drug-likeness (QED) is 0.705. The lowest BCUT2D eigenvalue weighted by molar-refractivity contribution is -0.137. The van der Waals surface area contributed by atoms with Gasteiger partial charge in [0.05, 0.1) is 5.69 Å². The van der Waals surface area contributed by atoms with Crippen LogP contribution in [-0.4, -0.2) is 30.1 Å². The van der Waals surface area contributed by atoms with E-state index in [4.69, 9.17) is 10.5 Å². The van der Waals surface area contributed by atoms with Crippen molar-refractivity contribution in [3.05, 3.63) is 28.7 Å². The number of rotatable bonds is 5. The normalized spacial score (nSPS) is 13.5. The molecule has 0 aromatic heterocycles. The standard InChI is InChI=1S/C16H22BrN3O4/c1-9(13(21)20-11-8-6-5-7-10(11)17)19-14(22)12(16(2,3)4)24-15(18)23/h5-9,12H,1-4H3,(H2,18,23)(H,19,22)(H,20,21)/t9?,12-/m0/s1. The lowest BCUT2D eigenvalue weighted by Crippen LogP contribution is -2.51. The lowest BCUT2D eigenvalue weighted by atomic mass is 9.88. The monoisotopic (exact) mass is 399 g/mol. The van der Waals surface area contributed by atoms with Crippen LogP contribution in [0.25, 0.3) is 0 Å². The van der Waals surface area contributed by atoms with Gasteiger partial charge in [0.2, 0.25) is 5.91 Å². The zero-order valence-electron chi connectivity index (χ0n) is 14.1.